The summed E-state index contributed by atoms with van der Waals surface area (Å²) in [7, 11) is 0. The molecule has 0 saturated heterocycles. The normalized spacial score (nSPS) is 13.3. The van der Waals surface area contributed by atoms with Gasteiger partial charge in [-0.25, -0.2) is 0 Å². The number of rotatable bonds is 2. The second kappa shape index (κ2) is 4.49. The third kappa shape index (κ3) is 3.09. The van der Waals surface area contributed by atoms with Crippen LogP contribution in [0.4, 0.5) is 0 Å². The molecule has 0 radical (unpaired) electrons. The molecule has 0 bridgehead atoms. The van der Waals surface area contributed by atoms with Crippen molar-refractivity contribution in [3.8, 4) is 6.07 Å². The van der Waals surface area contributed by atoms with Gasteiger partial charge in [0.05, 0.1) is 11.6 Å². The SMILES string of the molecule is CC(Cc1ccccc1C#N)C(C)(C)C. The van der Waals surface area contributed by atoms with E-state index < -0.39 is 0 Å². The summed E-state index contributed by atoms with van der Waals surface area (Å²) >= 11 is 0. The van der Waals surface area contributed by atoms with Gasteiger partial charge in [0, 0.05) is 0 Å². The van der Waals surface area contributed by atoms with Crippen molar-refractivity contribution in [3.63, 3.8) is 0 Å². The molecule has 0 fully saturated rings. The maximum absolute atomic E-state index is 8.98. The van der Waals surface area contributed by atoms with Crippen molar-refractivity contribution in [1.29, 1.82) is 5.26 Å². The van der Waals surface area contributed by atoms with E-state index in [4.69, 9.17) is 5.26 Å². The van der Waals surface area contributed by atoms with Crippen LogP contribution >= 0.6 is 0 Å². The molecular formula is C14H19N. The molecule has 15 heavy (non-hydrogen) atoms. The molecule has 0 N–H and O–H groups in total. The first kappa shape index (κ1) is 11.8. The van der Waals surface area contributed by atoms with Crippen LogP contribution in [0.25, 0.3) is 0 Å². The molecule has 1 unspecified atom stereocenters. The lowest BCUT2D eigenvalue weighted by molar-refractivity contribution is 0.260. The molecule has 1 atom stereocenters. The quantitative estimate of drug-likeness (QED) is 0.714. The van der Waals surface area contributed by atoms with E-state index in [0.29, 0.717) is 11.3 Å². The number of hydrogen-bond acceptors (Lipinski definition) is 1. The molecule has 1 rings (SSSR count). The smallest absolute Gasteiger partial charge is 0.0994 e. The van der Waals surface area contributed by atoms with E-state index in [1.807, 2.05) is 18.2 Å². The van der Waals surface area contributed by atoms with Crippen LogP contribution < -0.4 is 0 Å². The van der Waals surface area contributed by atoms with Crippen LogP contribution in [0.5, 0.6) is 0 Å². The van der Waals surface area contributed by atoms with Crippen LogP contribution in [0.2, 0.25) is 0 Å². The van der Waals surface area contributed by atoms with Gasteiger partial charge in [-0.15, -0.1) is 0 Å². The molecule has 0 aliphatic heterocycles. The molecule has 1 aromatic rings. The van der Waals surface area contributed by atoms with E-state index in [1.54, 1.807) is 0 Å². The summed E-state index contributed by atoms with van der Waals surface area (Å²) in [5, 5.41) is 8.98. The van der Waals surface area contributed by atoms with Gasteiger partial charge >= 0.3 is 0 Å². The maximum atomic E-state index is 8.98. The largest absolute Gasteiger partial charge is 0.192 e. The minimum atomic E-state index is 0.294. The van der Waals surface area contributed by atoms with Crippen LogP contribution in [0.1, 0.15) is 38.8 Å². The fourth-order valence-electron chi connectivity index (χ4n) is 1.44. The minimum Gasteiger partial charge on any atom is -0.192 e. The summed E-state index contributed by atoms with van der Waals surface area (Å²) < 4.78 is 0. The molecule has 1 aromatic carbocycles. The van der Waals surface area contributed by atoms with Crippen molar-refractivity contribution in [3.05, 3.63) is 35.4 Å². The molecule has 0 aliphatic carbocycles. The van der Waals surface area contributed by atoms with Gasteiger partial charge in [0.1, 0.15) is 0 Å². The van der Waals surface area contributed by atoms with E-state index in [1.165, 1.54) is 5.56 Å². The van der Waals surface area contributed by atoms with Gasteiger partial charge in [-0.3, -0.25) is 0 Å². The van der Waals surface area contributed by atoms with Crippen LogP contribution in [0.3, 0.4) is 0 Å². The fourth-order valence-corrected chi connectivity index (χ4v) is 1.44. The first-order chi connectivity index (χ1) is 6.95. The van der Waals surface area contributed by atoms with Gasteiger partial charge in [-0.1, -0.05) is 45.9 Å². The zero-order chi connectivity index (χ0) is 11.5. The van der Waals surface area contributed by atoms with E-state index >= 15 is 0 Å². The summed E-state index contributed by atoms with van der Waals surface area (Å²) in [5.41, 5.74) is 2.28. The Labute approximate surface area is 92.7 Å². The van der Waals surface area contributed by atoms with Crippen molar-refractivity contribution < 1.29 is 0 Å². The zero-order valence-corrected chi connectivity index (χ0v) is 10.0. The summed E-state index contributed by atoms with van der Waals surface area (Å²) in [4.78, 5) is 0. The zero-order valence-electron chi connectivity index (χ0n) is 10.0. The monoisotopic (exact) mass is 201 g/mol. The summed E-state index contributed by atoms with van der Waals surface area (Å²) in [6, 6.07) is 10.1. The van der Waals surface area contributed by atoms with Gasteiger partial charge in [-0.2, -0.15) is 5.26 Å². The second-order valence-corrected chi connectivity index (χ2v) is 5.24. The van der Waals surface area contributed by atoms with E-state index in [2.05, 4.69) is 39.8 Å². The molecule has 0 heterocycles. The summed E-state index contributed by atoms with van der Waals surface area (Å²) in [6.45, 7) is 8.97. The molecule has 0 aliphatic rings. The van der Waals surface area contributed by atoms with Crippen molar-refractivity contribution in [2.24, 2.45) is 11.3 Å². The van der Waals surface area contributed by atoms with Crippen molar-refractivity contribution in [2.45, 2.75) is 34.1 Å². The number of benzene rings is 1. The maximum Gasteiger partial charge on any atom is 0.0994 e. The third-order valence-electron chi connectivity index (χ3n) is 3.14. The highest BCUT2D eigenvalue weighted by molar-refractivity contribution is 5.37. The Balaban J connectivity index is 2.86. The Hall–Kier alpha value is -1.29. The van der Waals surface area contributed by atoms with Gasteiger partial charge in [0.15, 0.2) is 0 Å². The third-order valence-corrected chi connectivity index (χ3v) is 3.14. The Kier molecular flexibility index (Phi) is 3.52. The number of hydrogen-bond donors (Lipinski definition) is 0. The van der Waals surface area contributed by atoms with E-state index in [-0.39, 0.29) is 0 Å². The highest BCUT2D eigenvalue weighted by Gasteiger charge is 2.20. The molecule has 0 spiro atoms. The molecule has 0 amide bonds. The van der Waals surface area contributed by atoms with Gasteiger partial charge in [0.25, 0.3) is 0 Å². The minimum absolute atomic E-state index is 0.294. The van der Waals surface area contributed by atoms with Crippen LogP contribution in [0.15, 0.2) is 24.3 Å². The Bertz CT molecular complexity index is 366. The predicted octanol–water partition coefficient (Wildman–Crippen LogP) is 3.78. The summed E-state index contributed by atoms with van der Waals surface area (Å²) in [5.74, 6) is 0.576. The Morgan fingerprint density at radius 3 is 2.40 bits per heavy atom. The van der Waals surface area contributed by atoms with Crippen LogP contribution in [-0.2, 0) is 6.42 Å². The van der Waals surface area contributed by atoms with Crippen molar-refractivity contribution in [1.82, 2.24) is 0 Å². The highest BCUT2D eigenvalue weighted by Crippen LogP contribution is 2.29. The molecule has 80 valence electrons. The Morgan fingerprint density at radius 2 is 1.87 bits per heavy atom. The average molecular weight is 201 g/mol. The molecule has 1 heteroatoms. The topological polar surface area (TPSA) is 23.8 Å². The van der Waals surface area contributed by atoms with Gasteiger partial charge in [-0.05, 0) is 29.4 Å². The first-order valence-electron chi connectivity index (χ1n) is 5.43. The molecule has 0 aromatic heterocycles. The average Bonchev–Trinajstić information content (AvgIpc) is 2.17. The van der Waals surface area contributed by atoms with E-state index in [0.717, 1.165) is 12.0 Å². The lowest BCUT2D eigenvalue weighted by atomic mass is 9.78. The van der Waals surface area contributed by atoms with Crippen LogP contribution in [0, 0.1) is 22.7 Å². The molecular weight excluding hydrogens is 182 g/mol. The van der Waals surface area contributed by atoms with E-state index in [9.17, 15) is 0 Å². The van der Waals surface area contributed by atoms with Gasteiger partial charge in [0.2, 0.25) is 0 Å². The predicted molar refractivity (Wildman–Crippen MR) is 63.5 cm³/mol. The lowest BCUT2D eigenvalue weighted by Crippen LogP contribution is -2.19. The number of nitrogens with zero attached hydrogens (tertiary/aromatic N) is 1. The molecule has 0 saturated carbocycles. The van der Waals surface area contributed by atoms with Crippen LogP contribution in [-0.4, -0.2) is 0 Å². The second-order valence-electron chi connectivity index (χ2n) is 5.24. The Morgan fingerprint density at radius 1 is 1.27 bits per heavy atom. The van der Waals surface area contributed by atoms with Crippen molar-refractivity contribution in [2.75, 3.05) is 0 Å². The standard InChI is InChI=1S/C14H19N/c1-11(14(2,3)4)9-12-7-5-6-8-13(12)10-15/h5-8,11H,9H2,1-4H3. The lowest BCUT2D eigenvalue weighted by Gasteiger charge is -2.27. The molecule has 1 nitrogen and oxygen atoms in total. The fraction of sp³-hybridized carbons (Fsp3) is 0.500. The summed E-state index contributed by atoms with van der Waals surface area (Å²) in [6.07, 6.45) is 0.979. The number of nitriles is 1. The highest BCUT2D eigenvalue weighted by atomic mass is 14.3. The van der Waals surface area contributed by atoms with Gasteiger partial charge < -0.3 is 0 Å². The first-order valence-corrected chi connectivity index (χ1v) is 5.43. The van der Waals surface area contributed by atoms with Crippen molar-refractivity contribution >= 4 is 0 Å².